The molecule has 0 spiro atoms. The second-order valence-corrected chi connectivity index (χ2v) is 8.01. The summed E-state index contributed by atoms with van der Waals surface area (Å²) in [5, 5.41) is 2.75. The third-order valence-electron chi connectivity index (χ3n) is 3.53. The van der Waals surface area contributed by atoms with Gasteiger partial charge in [0.05, 0.1) is 11.4 Å². The van der Waals surface area contributed by atoms with Gasteiger partial charge in [0.15, 0.2) is 0 Å². The Morgan fingerprint density at radius 1 is 1.30 bits per heavy atom. The Labute approximate surface area is 139 Å². The lowest BCUT2D eigenvalue weighted by Crippen LogP contribution is -2.31. The van der Waals surface area contributed by atoms with Gasteiger partial charge < -0.3 is 5.32 Å². The molecule has 0 fully saturated rings. The minimum atomic E-state index is -3.54. The number of carbonyl (C=O) groups excluding carboxylic acids is 1. The molecule has 0 aliphatic carbocycles. The van der Waals surface area contributed by atoms with E-state index in [0.717, 1.165) is 13.0 Å². The largest absolute Gasteiger partial charge is 0.325 e. The number of aryl methyl sites for hydroxylation is 1. The average Bonchev–Trinajstić information content (AvgIpc) is 2.46. The fourth-order valence-corrected chi connectivity index (χ4v) is 3.07. The highest BCUT2D eigenvalue weighted by atomic mass is 32.2. The zero-order valence-corrected chi connectivity index (χ0v) is 15.3. The summed E-state index contributed by atoms with van der Waals surface area (Å²) >= 11 is 0. The fraction of sp³-hybridized carbons (Fsp3) is 0.562. The molecule has 0 saturated heterocycles. The van der Waals surface area contributed by atoms with E-state index in [-0.39, 0.29) is 17.3 Å². The molecule has 1 rings (SSSR count). The molecule has 6 nitrogen and oxygen atoms in total. The molecular formula is C16H27N3O3S. The van der Waals surface area contributed by atoms with Gasteiger partial charge in [0, 0.05) is 5.69 Å². The van der Waals surface area contributed by atoms with Crippen molar-refractivity contribution in [2.24, 2.45) is 5.92 Å². The van der Waals surface area contributed by atoms with Crippen LogP contribution in [0.4, 0.5) is 5.69 Å². The van der Waals surface area contributed by atoms with E-state index in [4.69, 9.17) is 0 Å². The number of benzene rings is 1. The van der Waals surface area contributed by atoms with Crippen molar-refractivity contribution < 1.29 is 13.2 Å². The van der Waals surface area contributed by atoms with Crippen molar-refractivity contribution in [3.63, 3.8) is 0 Å². The molecule has 2 N–H and O–H groups in total. The molecule has 1 aromatic rings. The highest BCUT2D eigenvalue weighted by Gasteiger charge is 2.16. The molecule has 7 heteroatoms. The molecule has 0 heterocycles. The summed E-state index contributed by atoms with van der Waals surface area (Å²) in [5.41, 5.74) is 1.11. The molecule has 0 atom stereocenters. The maximum atomic E-state index is 12.1. The van der Waals surface area contributed by atoms with Crippen LogP contribution in [-0.4, -0.2) is 46.4 Å². The van der Waals surface area contributed by atoms with Gasteiger partial charge in [-0.05, 0) is 57.6 Å². The molecule has 0 aliphatic rings. The highest BCUT2D eigenvalue weighted by Crippen LogP contribution is 2.19. The number of hydrogen-bond donors (Lipinski definition) is 2. The van der Waals surface area contributed by atoms with Crippen LogP contribution in [0.1, 0.15) is 25.8 Å². The number of likely N-dealkylation sites (N-methyl/N-ethyl adjacent to an activating group) is 1. The van der Waals surface area contributed by atoms with Crippen molar-refractivity contribution in [3.8, 4) is 0 Å². The van der Waals surface area contributed by atoms with Gasteiger partial charge in [0.2, 0.25) is 15.9 Å². The third kappa shape index (κ3) is 6.29. The van der Waals surface area contributed by atoms with Crippen LogP contribution in [0.3, 0.4) is 0 Å². The monoisotopic (exact) mass is 341 g/mol. The van der Waals surface area contributed by atoms with Gasteiger partial charge in [0.25, 0.3) is 0 Å². The molecule has 0 saturated carbocycles. The van der Waals surface area contributed by atoms with Crippen molar-refractivity contribution in [3.05, 3.63) is 23.8 Å². The standard InChI is InChI=1S/C16H27N3O3S/c1-12(2)8-9-19(5)11-16(20)18-14-7-6-13(3)15(10-14)23(21,22)17-4/h6-7,10,12,17H,8-9,11H2,1-5H3,(H,18,20). The van der Waals surface area contributed by atoms with Crippen molar-refractivity contribution in [1.82, 2.24) is 9.62 Å². The van der Waals surface area contributed by atoms with Gasteiger partial charge in [-0.3, -0.25) is 9.69 Å². The summed E-state index contributed by atoms with van der Waals surface area (Å²) in [6, 6.07) is 4.87. The lowest BCUT2D eigenvalue weighted by molar-refractivity contribution is -0.117. The summed E-state index contributed by atoms with van der Waals surface area (Å²) in [6.07, 6.45) is 1.03. The number of rotatable bonds is 8. The quantitative estimate of drug-likeness (QED) is 0.756. The number of amides is 1. The lowest BCUT2D eigenvalue weighted by atomic mass is 10.1. The van der Waals surface area contributed by atoms with Crippen LogP contribution in [-0.2, 0) is 14.8 Å². The summed E-state index contributed by atoms with van der Waals surface area (Å²) in [7, 11) is -0.278. The van der Waals surface area contributed by atoms with Crippen LogP contribution in [0, 0.1) is 12.8 Å². The van der Waals surface area contributed by atoms with Crippen molar-refractivity contribution in [2.75, 3.05) is 32.5 Å². The Morgan fingerprint density at radius 3 is 2.52 bits per heavy atom. The highest BCUT2D eigenvalue weighted by molar-refractivity contribution is 7.89. The minimum absolute atomic E-state index is 0.159. The molecular weight excluding hydrogens is 314 g/mol. The van der Waals surface area contributed by atoms with Gasteiger partial charge in [-0.2, -0.15) is 0 Å². The van der Waals surface area contributed by atoms with Crippen molar-refractivity contribution in [2.45, 2.75) is 32.1 Å². The van der Waals surface area contributed by atoms with E-state index in [1.54, 1.807) is 19.1 Å². The predicted octanol–water partition coefficient (Wildman–Crippen LogP) is 1.82. The van der Waals surface area contributed by atoms with Crippen LogP contribution < -0.4 is 10.0 Å². The van der Waals surface area contributed by atoms with Crippen molar-refractivity contribution in [1.29, 1.82) is 0 Å². The van der Waals surface area contributed by atoms with E-state index in [1.807, 2.05) is 11.9 Å². The van der Waals surface area contributed by atoms with Crippen LogP contribution in [0.2, 0.25) is 0 Å². The van der Waals surface area contributed by atoms with E-state index >= 15 is 0 Å². The number of carbonyl (C=O) groups is 1. The van der Waals surface area contributed by atoms with Gasteiger partial charge in [0.1, 0.15) is 0 Å². The predicted molar refractivity (Wildman–Crippen MR) is 93.0 cm³/mol. The molecule has 130 valence electrons. The molecule has 0 bridgehead atoms. The molecule has 0 aromatic heterocycles. The molecule has 1 amide bonds. The summed E-state index contributed by atoms with van der Waals surface area (Å²) < 4.78 is 26.2. The Balaban J connectivity index is 2.74. The zero-order valence-electron chi connectivity index (χ0n) is 14.5. The summed E-state index contributed by atoms with van der Waals surface area (Å²) in [6.45, 7) is 7.12. The first kappa shape index (κ1) is 19.6. The third-order valence-corrected chi connectivity index (χ3v) is 5.09. The topological polar surface area (TPSA) is 78.5 Å². The van der Waals surface area contributed by atoms with E-state index < -0.39 is 10.0 Å². The fourth-order valence-electron chi connectivity index (χ4n) is 2.08. The number of hydrogen-bond acceptors (Lipinski definition) is 4. The summed E-state index contributed by atoms with van der Waals surface area (Å²) in [4.78, 5) is 14.2. The van der Waals surface area contributed by atoms with Gasteiger partial charge in [-0.1, -0.05) is 19.9 Å². The molecule has 0 aliphatic heterocycles. The number of anilines is 1. The number of nitrogens with one attached hydrogen (secondary N) is 2. The second-order valence-electron chi connectivity index (χ2n) is 6.16. The van der Waals surface area contributed by atoms with Crippen LogP contribution >= 0.6 is 0 Å². The Kier molecular flexibility index (Phi) is 7.18. The Hall–Kier alpha value is -1.44. The maximum Gasteiger partial charge on any atom is 0.240 e. The van der Waals surface area contributed by atoms with E-state index in [9.17, 15) is 13.2 Å². The molecule has 0 radical (unpaired) electrons. The summed E-state index contributed by atoms with van der Waals surface area (Å²) in [5.74, 6) is 0.430. The Bertz CT molecular complexity index is 642. The molecule has 1 aromatic carbocycles. The van der Waals surface area contributed by atoms with Gasteiger partial charge >= 0.3 is 0 Å². The second kappa shape index (κ2) is 8.42. The SMILES string of the molecule is CNS(=O)(=O)c1cc(NC(=O)CN(C)CCC(C)C)ccc1C. The lowest BCUT2D eigenvalue weighted by Gasteiger charge is -2.17. The van der Waals surface area contributed by atoms with Crippen LogP contribution in [0.25, 0.3) is 0 Å². The van der Waals surface area contributed by atoms with Crippen molar-refractivity contribution >= 4 is 21.6 Å². The maximum absolute atomic E-state index is 12.1. The van der Waals surface area contributed by atoms with E-state index in [1.165, 1.54) is 13.1 Å². The molecule has 0 unspecified atom stereocenters. The zero-order chi connectivity index (χ0) is 17.6. The Morgan fingerprint density at radius 2 is 1.96 bits per heavy atom. The smallest absolute Gasteiger partial charge is 0.240 e. The van der Waals surface area contributed by atoms with Gasteiger partial charge in [-0.15, -0.1) is 0 Å². The van der Waals surface area contributed by atoms with E-state index in [2.05, 4.69) is 23.9 Å². The van der Waals surface area contributed by atoms with E-state index in [0.29, 0.717) is 17.2 Å². The first-order valence-electron chi connectivity index (χ1n) is 7.68. The molecule has 23 heavy (non-hydrogen) atoms. The minimum Gasteiger partial charge on any atom is -0.325 e. The normalized spacial score (nSPS) is 12.0. The van der Waals surface area contributed by atoms with Crippen LogP contribution in [0.15, 0.2) is 23.1 Å². The number of sulfonamides is 1. The van der Waals surface area contributed by atoms with Crippen LogP contribution in [0.5, 0.6) is 0 Å². The first-order chi connectivity index (χ1) is 10.7. The first-order valence-corrected chi connectivity index (χ1v) is 9.16. The van der Waals surface area contributed by atoms with Gasteiger partial charge in [-0.25, -0.2) is 13.1 Å². The number of nitrogens with zero attached hydrogens (tertiary/aromatic N) is 1. The average molecular weight is 341 g/mol.